The Hall–Kier alpha value is -2.92. The van der Waals surface area contributed by atoms with Crippen molar-refractivity contribution in [3.05, 3.63) is 70.9 Å². The number of hydrogen-bond donors (Lipinski definition) is 1. The van der Waals surface area contributed by atoms with E-state index in [2.05, 4.69) is 10.3 Å². The molecular formula is C21H19ClN2O3. The lowest BCUT2D eigenvalue weighted by Crippen LogP contribution is -2.21. The third kappa shape index (κ3) is 5.28. The second-order valence-corrected chi connectivity index (χ2v) is 6.59. The number of halogens is 1. The van der Waals surface area contributed by atoms with Crippen LogP contribution in [0.4, 0.5) is 5.69 Å². The third-order valence-corrected chi connectivity index (χ3v) is 4.32. The molecule has 0 aliphatic rings. The van der Waals surface area contributed by atoms with Gasteiger partial charge in [-0.05, 0) is 36.8 Å². The normalized spacial score (nSPS) is 10.6. The van der Waals surface area contributed by atoms with E-state index < -0.39 is 11.9 Å². The van der Waals surface area contributed by atoms with Crippen LogP contribution in [0.25, 0.3) is 10.9 Å². The van der Waals surface area contributed by atoms with E-state index in [4.69, 9.17) is 16.3 Å². The van der Waals surface area contributed by atoms with Crippen molar-refractivity contribution in [3.63, 3.8) is 0 Å². The van der Waals surface area contributed by atoms with Crippen molar-refractivity contribution in [2.45, 2.75) is 19.8 Å². The topological polar surface area (TPSA) is 68.3 Å². The van der Waals surface area contributed by atoms with Gasteiger partial charge in [0.15, 0.2) is 6.61 Å². The molecule has 0 aliphatic carbocycles. The van der Waals surface area contributed by atoms with Crippen LogP contribution >= 0.6 is 11.6 Å². The fourth-order valence-electron chi connectivity index (χ4n) is 2.60. The first-order valence-corrected chi connectivity index (χ1v) is 8.95. The summed E-state index contributed by atoms with van der Waals surface area (Å²) in [5, 5.41) is 4.12. The van der Waals surface area contributed by atoms with Crippen LogP contribution in [0.15, 0.2) is 54.6 Å². The number of rotatable bonds is 6. The second-order valence-electron chi connectivity index (χ2n) is 6.19. The van der Waals surface area contributed by atoms with Crippen LogP contribution in [0.2, 0.25) is 5.02 Å². The summed E-state index contributed by atoms with van der Waals surface area (Å²) in [5.41, 5.74) is 3.18. The number of nitrogens with one attached hydrogen (secondary N) is 1. The van der Waals surface area contributed by atoms with E-state index in [1.54, 1.807) is 12.1 Å². The first-order valence-electron chi connectivity index (χ1n) is 8.57. The van der Waals surface area contributed by atoms with Gasteiger partial charge in [0.25, 0.3) is 5.91 Å². The number of benzene rings is 2. The molecule has 138 valence electrons. The molecule has 0 saturated heterocycles. The molecule has 0 unspecified atom stereocenters. The SMILES string of the molecule is Cc1ccc(NC(=O)COC(=O)CCc2ccc3ccccc3n2)c(Cl)c1. The van der Waals surface area contributed by atoms with Crippen LogP contribution in [-0.2, 0) is 20.7 Å². The highest BCUT2D eigenvalue weighted by Crippen LogP contribution is 2.22. The van der Waals surface area contributed by atoms with E-state index in [0.717, 1.165) is 22.2 Å². The average molecular weight is 383 g/mol. The van der Waals surface area contributed by atoms with Gasteiger partial charge in [0, 0.05) is 17.5 Å². The number of carbonyl (C=O) groups is 2. The Morgan fingerprint density at radius 3 is 2.74 bits per heavy atom. The summed E-state index contributed by atoms with van der Waals surface area (Å²) in [6.07, 6.45) is 0.610. The lowest BCUT2D eigenvalue weighted by molar-refractivity contribution is -0.147. The zero-order valence-corrected chi connectivity index (χ0v) is 15.6. The molecular weight excluding hydrogens is 364 g/mol. The first kappa shape index (κ1) is 18.9. The van der Waals surface area contributed by atoms with E-state index in [9.17, 15) is 9.59 Å². The molecule has 0 spiro atoms. The van der Waals surface area contributed by atoms with E-state index in [1.807, 2.05) is 49.4 Å². The summed E-state index contributed by atoms with van der Waals surface area (Å²) in [4.78, 5) is 28.3. The summed E-state index contributed by atoms with van der Waals surface area (Å²) >= 11 is 6.07. The number of hydrogen-bond acceptors (Lipinski definition) is 4. The van der Waals surface area contributed by atoms with Crippen molar-refractivity contribution in [1.29, 1.82) is 0 Å². The lowest BCUT2D eigenvalue weighted by Gasteiger charge is -2.09. The van der Waals surface area contributed by atoms with E-state index in [1.165, 1.54) is 0 Å². The van der Waals surface area contributed by atoms with Crippen molar-refractivity contribution in [3.8, 4) is 0 Å². The molecule has 0 saturated carbocycles. The Morgan fingerprint density at radius 1 is 1.11 bits per heavy atom. The minimum Gasteiger partial charge on any atom is -0.456 e. The monoisotopic (exact) mass is 382 g/mol. The molecule has 1 heterocycles. The predicted molar refractivity (Wildman–Crippen MR) is 106 cm³/mol. The summed E-state index contributed by atoms with van der Waals surface area (Å²) < 4.78 is 5.03. The molecule has 3 rings (SSSR count). The summed E-state index contributed by atoms with van der Waals surface area (Å²) in [5.74, 6) is -0.881. The minimum atomic E-state index is -0.449. The fraction of sp³-hybridized carbons (Fsp3) is 0.190. The number of pyridine rings is 1. The highest BCUT2D eigenvalue weighted by Gasteiger charge is 2.10. The van der Waals surface area contributed by atoms with E-state index in [0.29, 0.717) is 17.1 Å². The van der Waals surface area contributed by atoms with Crippen molar-refractivity contribution >= 4 is 40.1 Å². The van der Waals surface area contributed by atoms with Gasteiger partial charge in [-0.2, -0.15) is 0 Å². The van der Waals surface area contributed by atoms with Crippen molar-refractivity contribution in [2.24, 2.45) is 0 Å². The number of aryl methyl sites for hydroxylation is 2. The Labute approximate surface area is 162 Å². The Morgan fingerprint density at radius 2 is 1.93 bits per heavy atom. The van der Waals surface area contributed by atoms with Crippen LogP contribution in [0.5, 0.6) is 0 Å². The van der Waals surface area contributed by atoms with Crippen molar-refractivity contribution in [2.75, 3.05) is 11.9 Å². The zero-order valence-electron chi connectivity index (χ0n) is 14.9. The lowest BCUT2D eigenvalue weighted by atomic mass is 10.1. The number of aromatic nitrogens is 1. The summed E-state index contributed by atoms with van der Waals surface area (Å²) in [6.45, 7) is 1.55. The van der Waals surface area contributed by atoms with Gasteiger partial charge in [-0.15, -0.1) is 0 Å². The molecule has 1 N–H and O–H groups in total. The molecule has 0 aliphatic heterocycles. The van der Waals surface area contributed by atoms with Gasteiger partial charge in [0.05, 0.1) is 22.6 Å². The van der Waals surface area contributed by atoms with Gasteiger partial charge < -0.3 is 10.1 Å². The van der Waals surface area contributed by atoms with Crippen LogP contribution < -0.4 is 5.32 Å². The first-order chi connectivity index (χ1) is 13.0. The number of esters is 1. The minimum absolute atomic E-state index is 0.157. The number of amides is 1. The molecule has 5 nitrogen and oxygen atoms in total. The van der Waals surface area contributed by atoms with Gasteiger partial charge in [0.1, 0.15) is 0 Å². The molecule has 0 atom stereocenters. The molecule has 0 bridgehead atoms. The van der Waals surface area contributed by atoms with Gasteiger partial charge in [-0.25, -0.2) is 0 Å². The van der Waals surface area contributed by atoms with Crippen molar-refractivity contribution < 1.29 is 14.3 Å². The predicted octanol–water partition coefficient (Wildman–Crippen LogP) is 4.31. The number of anilines is 1. The average Bonchev–Trinajstić information content (AvgIpc) is 2.67. The maximum absolute atomic E-state index is 11.9. The summed E-state index contributed by atoms with van der Waals surface area (Å²) in [7, 11) is 0. The van der Waals surface area contributed by atoms with Gasteiger partial charge in [-0.1, -0.05) is 41.9 Å². The molecule has 1 aromatic heterocycles. The quantitative estimate of drug-likeness (QED) is 0.645. The number of carbonyl (C=O) groups excluding carboxylic acids is 2. The van der Waals surface area contributed by atoms with Gasteiger partial charge >= 0.3 is 5.97 Å². The maximum atomic E-state index is 11.9. The highest BCUT2D eigenvalue weighted by molar-refractivity contribution is 6.33. The molecule has 0 fully saturated rings. The Balaban J connectivity index is 1.46. The molecule has 0 radical (unpaired) electrons. The van der Waals surface area contributed by atoms with Gasteiger partial charge in [-0.3, -0.25) is 14.6 Å². The van der Waals surface area contributed by atoms with Crippen LogP contribution in [0, 0.1) is 6.92 Å². The molecule has 1 amide bonds. The fourth-order valence-corrected chi connectivity index (χ4v) is 2.89. The third-order valence-electron chi connectivity index (χ3n) is 4.00. The van der Waals surface area contributed by atoms with Gasteiger partial charge in [0.2, 0.25) is 0 Å². The Bertz CT molecular complexity index is 988. The van der Waals surface area contributed by atoms with Crippen LogP contribution in [0.3, 0.4) is 0 Å². The van der Waals surface area contributed by atoms with Crippen LogP contribution in [0.1, 0.15) is 17.7 Å². The number of nitrogens with zero attached hydrogens (tertiary/aromatic N) is 1. The summed E-state index contributed by atoms with van der Waals surface area (Å²) in [6, 6.07) is 17.0. The van der Waals surface area contributed by atoms with Crippen molar-refractivity contribution in [1.82, 2.24) is 4.98 Å². The molecule has 3 aromatic rings. The molecule has 2 aromatic carbocycles. The molecule has 27 heavy (non-hydrogen) atoms. The van der Waals surface area contributed by atoms with E-state index >= 15 is 0 Å². The Kier molecular flexibility index (Phi) is 6.04. The zero-order chi connectivity index (χ0) is 19.2. The number of para-hydroxylation sites is 1. The number of ether oxygens (including phenoxy) is 1. The standard InChI is InChI=1S/C21H19ClN2O3/c1-14-6-10-19(17(22)12-14)24-20(25)13-27-21(26)11-9-16-8-7-15-4-2-3-5-18(15)23-16/h2-8,10,12H,9,11,13H2,1H3,(H,24,25). The largest absolute Gasteiger partial charge is 0.456 e. The highest BCUT2D eigenvalue weighted by atomic mass is 35.5. The molecule has 6 heteroatoms. The van der Waals surface area contributed by atoms with E-state index in [-0.39, 0.29) is 13.0 Å². The second kappa shape index (κ2) is 8.64. The van der Waals surface area contributed by atoms with Crippen LogP contribution in [-0.4, -0.2) is 23.5 Å². The maximum Gasteiger partial charge on any atom is 0.306 e. The number of fused-ring (bicyclic) bond motifs is 1. The smallest absolute Gasteiger partial charge is 0.306 e.